The maximum absolute atomic E-state index is 12.5. The van der Waals surface area contributed by atoms with Crippen molar-refractivity contribution in [1.82, 2.24) is 10.2 Å². The first-order valence-corrected chi connectivity index (χ1v) is 7.71. The number of benzene rings is 1. The van der Waals surface area contributed by atoms with Crippen molar-refractivity contribution in [2.24, 2.45) is 0 Å². The van der Waals surface area contributed by atoms with Crippen LogP contribution in [0.15, 0.2) is 30.3 Å². The van der Waals surface area contributed by atoms with Gasteiger partial charge in [0.1, 0.15) is 6.10 Å². The molecule has 1 N–H and O–H groups in total. The molecule has 1 aromatic rings. The van der Waals surface area contributed by atoms with E-state index >= 15 is 0 Å². The van der Waals surface area contributed by atoms with Crippen molar-refractivity contribution in [1.29, 1.82) is 0 Å². The number of nitrogens with zero attached hydrogens (tertiary/aromatic N) is 1. The lowest BCUT2D eigenvalue weighted by Crippen LogP contribution is -2.58. The highest BCUT2D eigenvalue weighted by Crippen LogP contribution is 2.30. The summed E-state index contributed by atoms with van der Waals surface area (Å²) in [4.78, 5) is 14.4. The van der Waals surface area contributed by atoms with Crippen LogP contribution < -0.4 is 5.32 Å². The van der Waals surface area contributed by atoms with Gasteiger partial charge in [0, 0.05) is 13.7 Å². The first kappa shape index (κ1) is 16.9. The normalized spacial score (nSPS) is 20.9. The number of carbonyl (C=O) groups is 1. The zero-order valence-electron chi connectivity index (χ0n) is 13.7. The van der Waals surface area contributed by atoms with Gasteiger partial charge in [0.25, 0.3) is 0 Å². The Labute approximate surface area is 132 Å². The highest BCUT2D eigenvalue weighted by atomic mass is 16.5. The standard InChI is InChI=1S/C17H26N2O3/c1-17(2)13-22-15(14-7-5-4-6-8-14)12-19(17)16(20)11-18-9-10-21-3/h4-8,15,18H,9-13H2,1-3H3. The summed E-state index contributed by atoms with van der Waals surface area (Å²) >= 11 is 0. The summed E-state index contributed by atoms with van der Waals surface area (Å²) in [6.45, 7) is 6.82. The summed E-state index contributed by atoms with van der Waals surface area (Å²) in [6.07, 6.45) is -0.0582. The van der Waals surface area contributed by atoms with Crippen LogP contribution in [0, 0.1) is 0 Å². The molecule has 1 unspecified atom stereocenters. The Hall–Kier alpha value is -1.43. The highest BCUT2D eigenvalue weighted by Gasteiger charge is 2.38. The molecule has 1 saturated heterocycles. The summed E-state index contributed by atoms with van der Waals surface area (Å²) in [5.74, 6) is 0.102. The minimum Gasteiger partial charge on any atom is -0.383 e. The Morgan fingerprint density at radius 1 is 1.41 bits per heavy atom. The van der Waals surface area contributed by atoms with Gasteiger partial charge in [-0.1, -0.05) is 30.3 Å². The summed E-state index contributed by atoms with van der Waals surface area (Å²) in [5, 5.41) is 3.12. The van der Waals surface area contributed by atoms with Crippen LogP contribution in [-0.4, -0.2) is 56.3 Å². The van der Waals surface area contributed by atoms with Crippen molar-refractivity contribution in [3.8, 4) is 0 Å². The average Bonchev–Trinajstić information content (AvgIpc) is 2.52. The Kier molecular flexibility index (Phi) is 5.94. The third-order valence-electron chi connectivity index (χ3n) is 3.95. The number of rotatable bonds is 6. The van der Waals surface area contributed by atoms with Crippen LogP contribution in [0.3, 0.4) is 0 Å². The van der Waals surface area contributed by atoms with Crippen LogP contribution in [0.2, 0.25) is 0 Å². The van der Waals surface area contributed by atoms with E-state index in [4.69, 9.17) is 9.47 Å². The molecule has 1 atom stereocenters. The molecule has 0 bridgehead atoms. The van der Waals surface area contributed by atoms with E-state index in [-0.39, 0.29) is 17.6 Å². The van der Waals surface area contributed by atoms with E-state index in [1.54, 1.807) is 7.11 Å². The minimum atomic E-state index is -0.286. The lowest BCUT2D eigenvalue weighted by molar-refractivity contribution is -0.154. The van der Waals surface area contributed by atoms with Crippen LogP contribution in [0.4, 0.5) is 0 Å². The smallest absolute Gasteiger partial charge is 0.237 e. The summed E-state index contributed by atoms with van der Waals surface area (Å²) in [6, 6.07) is 10.1. The second kappa shape index (κ2) is 7.72. The van der Waals surface area contributed by atoms with E-state index < -0.39 is 0 Å². The van der Waals surface area contributed by atoms with Crippen LogP contribution in [0.1, 0.15) is 25.5 Å². The van der Waals surface area contributed by atoms with E-state index in [2.05, 4.69) is 5.32 Å². The summed E-state index contributed by atoms with van der Waals surface area (Å²) in [5.41, 5.74) is 0.828. The molecule has 1 amide bonds. The lowest BCUT2D eigenvalue weighted by atomic mass is 9.98. The Balaban J connectivity index is 1.98. The van der Waals surface area contributed by atoms with Crippen molar-refractivity contribution in [3.05, 3.63) is 35.9 Å². The molecular weight excluding hydrogens is 280 g/mol. The average molecular weight is 306 g/mol. The van der Waals surface area contributed by atoms with Gasteiger partial charge in [-0.25, -0.2) is 0 Å². The first-order valence-electron chi connectivity index (χ1n) is 7.71. The summed E-state index contributed by atoms with van der Waals surface area (Å²) in [7, 11) is 1.65. The molecular formula is C17H26N2O3. The molecule has 1 aromatic carbocycles. The Morgan fingerprint density at radius 2 is 2.14 bits per heavy atom. The second-order valence-corrected chi connectivity index (χ2v) is 6.20. The third kappa shape index (κ3) is 4.29. The summed E-state index contributed by atoms with van der Waals surface area (Å²) < 4.78 is 10.9. The number of methoxy groups -OCH3 is 1. The maximum atomic E-state index is 12.5. The highest BCUT2D eigenvalue weighted by molar-refractivity contribution is 5.79. The van der Waals surface area contributed by atoms with Crippen molar-refractivity contribution >= 4 is 5.91 Å². The van der Waals surface area contributed by atoms with E-state index in [9.17, 15) is 4.79 Å². The van der Waals surface area contributed by atoms with Crippen molar-refractivity contribution < 1.29 is 14.3 Å². The molecule has 5 heteroatoms. The van der Waals surface area contributed by atoms with Crippen molar-refractivity contribution in [2.75, 3.05) is 40.0 Å². The number of nitrogens with one attached hydrogen (secondary N) is 1. The van der Waals surface area contributed by atoms with Crippen LogP contribution in [-0.2, 0) is 14.3 Å². The predicted octanol–water partition coefficient (Wildman–Crippen LogP) is 1.60. The quantitative estimate of drug-likeness (QED) is 0.811. The molecule has 1 aliphatic rings. The molecule has 1 heterocycles. The van der Waals surface area contributed by atoms with Crippen LogP contribution in [0.5, 0.6) is 0 Å². The molecule has 1 aliphatic heterocycles. The molecule has 22 heavy (non-hydrogen) atoms. The SMILES string of the molecule is COCCNCC(=O)N1CC(c2ccccc2)OCC1(C)C. The van der Waals surface area contributed by atoms with Gasteiger partial charge >= 0.3 is 0 Å². The largest absolute Gasteiger partial charge is 0.383 e. The van der Waals surface area contributed by atoms with Gasteiger partial charge in [-0.15, -0.1) is 0 Å². The maximum Gasteiger partial charge on any atom is 0.237 e. The Bertz CT molecular complexity index is 476. The molecule has 5 nitrogen and oxygen atoms in total. The van der Waals surface area contributed by atoms with Gasteiger partial charge in [0.05, 0.1) is 31.8 Å². The number of hydrogen-bond acceptors (Lipinski definition) is 4. The molecule has 1 fully saturated rings. The molecule has 0 aliphatic carbocycles. The first-order chi connectivity index (χ1) is 10.5. The number of carbonyl (C=O) groups excluding carboxylic acids is 1. The molecule has 0 aromatic heterocycles. The van der Waals surface area contributed by atoms with Crippen LogP contribution in [0.25, 0.3) is 0 Å². The van der Waals surface area contributed by atoms with E-state index in [0.717, 1.165) is 5.56 Å². The molecule has 0 spiro atoms. The van der Waals surface area contributed by atoms with E-state index in [1.165, 1.54) is 0 Å². The van der Waals surface area contributed by atoms with Gasteiger partial charge in [-0.3, -0.25) is 4.79 Å². The lowest BCUT2D eigenvalue weighted by Gasteiger charge is -2.45. The molecule has 2 rings (SSSR count). The monoisotopic (exact) mass is 306 g/mol. The van der Waals surface area contributed by atoms with E-state index in [0.29, 0.717) is 32.8 Å². The van der Waals surface area contributed by atoms with Crippen molar-refractivity contribution in [2.45, 2.75) is 25.5 Å². The van der Waals surface area contributed by atoms with Gasteiger partial charge in [0.2, 0.25) is 5.91 Å². The van der Waals surface area contributed by atoms with E-state index in [1.807, 2.05) is 49.1 Å². The minimum absolute atomic E-state index is 0.0582. The van der Waals surface area contributed by atoms with Crippen molar-refractivity contribution in [3.63, 3.8) is 0 Å². The zero-order valence-corrected chi connectivity index (χ0v) is 13.7. The van der Waals surface area contributed by atoms with Gasteiger partial charge in [-0.2, -0.15) is 0 Å². The fraction of sp³-hybridized carbons (Fsp3) is 0.588. The third-order valence-corrected chi connectivity index (χ3v) is 3.95. The van der Waals surface area contributed by atoms with Gasteiger partial charge in [0.15, 0.2) is 0 Å². The van der Waals surface area contributed by atoms with Gasteiger partial charge in [-0.05, 0) is 19.4 Å². The predicted molar refractivity (Wildman–Crippen MR) is 85.7 cm³/mol. The second-order valence-electron chi connectivity index (χ2n) is 6.20. The number of morpholine rings is 1. The zero-order chi connectivity index (χ0) is 16.0. The fourth-order valence-electron chi connectivity index (χ4n) is 2.62. The topological polar surface area (TPSA) is 50.8 Å². The molecule has 122 valence electrons. The number of ether oxygens (including phenoxy) is 2. The Morgan fingerprint density at radius 3 is 2.82 bits per heavy atom. The molecule has 0 saturated carbocycles. The number of amides is 1. The van der Waals surface area contributed by atoms with Crippen LogP contribution >= 0.6 is 0 Å². The van der Waals surface area contributed by atoms with Gasteiger partial charge < -0.3 is 19.7 Å². The number of hydrogen-bond donors (Lipinski definition) is 1. The molecule has 0 radical (unpaired) electrons. The fourth-order valence-corrected chi connectivity index (χ4v) is 2.62.